The summed E-state index contributed by atoms with van der Waals surface area (Å²) in [5, 5.41) is 7.13. The monoisotopic (exact) mass is 366 g/mol. The molecule has 27 heavy (non-hydrogen) atoms. The van der Waals surface area contributed by atoms with Crippen molar-refractivity contribution in [2.75, 3.05) is 20.8 Å². The van der Waals surface area contributed by atoms with Crippen LogP contribution in [-0.4, -0.2) is 47.7 Å². The van der Waals surface area contributed by atoms with Gasteiger partial charge in [0.1, 0.15) is 0 Å². The van der Waals surface area contributed by atoms with Crippen LogP contribution in [0, 0.1) is 6.92 Å². The molecule has 3 rings (SSSR count). The molecule has 7 heteroatoms. The van der Waals surface area contributed by atoms with Gasteiger partial charge in [0.05, 0.1) is 29.7 Å². The third kappa shape index (κ3) is 4.58. The maximum Gasteiger partial charge on any atom is 0.253 e. The van der Waals surface area contributed by atoms with Crippen LogP contribution in [0.2, 0.25) is 0 Å². The third-order valence-electron chi connectivity index (χ3n) is 4.16. The highest BCUT2D eigenvalue weighted by Gasteiger charge is 2.11. The minimum absolute atomic E-state index is 0.233. The molecule has 7 nitrogen and oxygen atoms in total. The van der Waals surface area contributed by atoms with Crippen LogP contribution in [0.25, 0.3) is 16.9 Å². The van der Waals surface area contributed by atoms with Gasteiger partial charge in [-0.05, 0) is 31.2 Å². The van der Waals surface area contributed by atoms with E-state index in [1.165, 1.54) is 19.8 Å². The van der Waals surface area contributed by atoms with Gasteiger partial charge in [0, 0.05) is 32.2 Å². The molecule has 0 radical (unpaired) electrons. The number of nitrogens with zero attached hydrogens (tertiary/aromatic N) is 3. The van der Waals surface area contributed by atoms with E-state index in [0.717, 1.165) is 16.9 Å². The van der Waals surface area contributed by atoms with E-state index < -0.39 is 6.29 Å². The van der Waals surface area contributed by atoms with Gasteiger partial charge in [0.15, 0.2) is 6.29 Å². The molecule has 0 saturated carbocycles. The highest BCUT2D eigenvalue weighted by atomic mass is 16.7. The van der Waals surface area contributed by atoms with Crippen LogP contribution in [0.4, 0.5) is 0 Å². The summed E-state index contributed by atoms with van der Waals surface area (Å²) in [4.78, 5) is 16.5. The van der Waals surface area contributed by atoms with Crippen LogP contribution in [-0.2, 0) is 9.47 Å². The smallest absolute Gasteiger partial charge is 0.253 e. The number of rotatable bonds is 7. The van der Waals surface area contributed by atoms with Crippen molar-refractivity contribution in [1.29, 1.82) is 0 Å². The van der Waals surface area contributed by atoms with E-state index in [1.807, 2.05) is 37.4 Å². The number of aromatic nitrogens is 3. The number of methoxy groups -OCH3 is 2. The molecule has 1 amide bonds. The van der Waals surface area contributed by atoms with Crippen molar-refractivity contribution in [3.8, 4) is 16.9 Å². The molecule has 0 aliphatic rings. The summed E-state index contributed by atoms with van der Waals surface area (Å²) in [5.74, 6) is -0.233. The predicted octanol–water partition coefficient (Wildman–Crippen LogP) is 2.59. The van der Waals surface area contributed by atoms with Crippen LogP contribution < -0.4 is 5.32 Å². The Morgan fingerprint density at radius 3 is 2.48 bits per heavy atom. The first-order valence-corrected chi connectivity index (χ1v) is 8.52. The number of carbonyl (C=O) groups is 1. The first-order chi connectivity index (χ1) is 13.1. The van der Waals surface area contributed by atoms with Gasteiger partial charge < -0.3 is 14.8 Å². The molecular weight excluding hydrogens is 344 g/mol. The molecule has 0 atom stereocenters. The average Bonchev–Trinajstić information content (AvgIpc) is 3.19. The molecule has 2 aromatic heterocycles. The second-order valence-electron chi connectivity index (χ2n) is 6.05. The highest BCUT2D eigenvalue weighted by molar-refractivity contribution is 5.94. The zero-order valence-corrected chi connectivity index (χ0v) is 15.5. The minimum atomic E-state index is -0.478. The molecule has 0 aliphatic carbocycles. The average molecular weight is 366 g/mol. The number of nitrogens with one attached hydrogen (secondary N) is 1. The van der Waals surface area contributed by atoms with Crippen molar-refractivity contribution in [2.24, 2.45) is 0 Å². The van der Waals surface area contributed by atoms with E-state index in [-0.39, 0.29) is 12.5 Å². The molecule has 1 N–H and O–H groups in total. The topological polar surface area (TPSA) is 78.3 Å². The fourth-order valence-corrected chi connectivity index (χ4v) is 2.53. The molecule has 0 aliphatic heterocycles. The zero-order chi connectivity index (χ0) is 19.2. The Kier molecular flexibility index (Phi) is 5.95. The lowest BCUT2D eigenvalue weighted by Gasteiger charge is -2.13. The van der Waals surface area contributed by atoms with E-state index in [2.05, 4.69) is 15.4 Å². The summed E-state index contributed by atoms with van der Waals surface area (Å²) in [7, 11) is 3.04. The predicted molar refractivity (Wildman–Crippen MR) is 102 cm³/mol. The van der Waals surface area contributed by atoms with Crippen LogP contribution >= 0.6 is 0 Å². The standard InChI is InChI=1S/C20H22N4O3/c1-14-4-7-17(8-5-14)24-13-16(11-23-24)18-9-6-15(10-21-18)20(25)22-12-19(26-2)27-3/h4-11,13,19H,12H2,1-3H3,(H,22,25). The normalized spacial score (nSPS) is 11.0. The first-order valence-electron chi connectivity index (χ1n) is 8.52. The van der Waals surface area contributed by atoms with Crippen LogP contribution in [0.3, 0.4) is 0 Å². The van der Waals surface area contributed by atoms with Gasteiger partial charge in [-0.3, -0.25) is 9.78 Å². The number of hydrogen-bond donors (Lipinski definition) is 1. The van der Waals surface area contributed by atoms with E-state index >= 15 is 0 Å². The quantitative estimate of drug-likeness (QED) is 0.650. The number of aryl methyl sites for hydroxylation is 1. The molecular formula is C20H22N4O3. The van der Waals surface area contributed by atoms with Crippen molar-refractivity contribution in [1.82, 2.24) is 20.1 Å². The second-order valence-corrected chi connectivity index (χ2v) is 6.05. The maximum atomic E-state index is 12.2. The summed E-state index contributed by atoms with van der Waals surface area (Å²) in [6.45, 7) is 2.31. The number of amides is 1. The Morgan fingerprint density at radius 2 is 1.85 bits per heavy atom. The fraction of sp³-hybridized carbons (Fsp3) is 0.250. The van der Waals surface area contributed by atoms with Crippen molar-refractivity contribution in [2.45, 2.75) is 13.2 Å². The van der Waals surface area contributed by atoms with Gasteiger partial charge in [-0.2, -0.15) is 5.10 Å². The number of carbonyl (C=O) groups excluding carboxylic acids is 1. The van der Waals surface area contributed by atoms with Crippen molar-refractivity contribution >= 4 is 5.91 Å². The zero-order valence-electron chi connectivity index (χ0n) is 15.5. The molecule has 140 valence electrons. The van der Waals surface area contributed by atoms with Crippen LogP contribution in [0.5, 0.6) is 0 Å². The largest absolute Gasteiger partial charge is 0.354 e. The molecule has 0 unspecified atom stereocenters. The molecule has 2 heterocycles. The number of hydrogen-bond acceptors (Lipinski definition) is 5. The Morgan fingerprint density at radius 1 is 1.11 bits per heavy atom. The van der Waals surface area contributed by atoms with Crippen molar-refractivity contribution in [3.05, 3.63) is 66.1 Å². The van der Waals surface area contributed by atoms with Crippen molar-refractivity contribution in [3.63, 3.8) is 0 Å². The number of ether oxygens (including phenoxy) is 2. The van der Waals surface area contributed by atoms with Crippen molar-refractivity contribution < 1.29 is 14.3 Å². The fourth-order valence-electron chi connectivity index (χ4n) is 2.53. The summed E-state index contributed by atoms with van der Waals surface area (Å²) >= 11 is 0. The van der Waals surface area contributed by atoms with Gasteiger partial charge in [0.2, 0.25) is 0 Å². The Bertz CT molecular complexity index is 884. The summed E-state index contributed by atoms with van der Waals surface area (Å²) in [6, 6.07) is 11.6. The molecule has 0 spiro atoms. The minimum Gasteiger partial charge on any atom is -0.354 e. The number of benzene rings is 1. The molecule has 0 saturated heterocycles. The van der Waals surface area contributed by atoms with Gasteiger partial charge in [-0.25, -0.2) is 4.68 Å². The SMILES string of the molecule is COC(CNC(=O)c1ccc(-c2cnn(-c3ccc(C)cc3)c2)nc1)OC. The lowest BCUT2D eigenvalue weighted by molar-refractivity contribution is -0.0974. The first kappa shape index (κ1) is 18.8. The molecule has 0 bridgehead atoms. The number of pyridine rings is 1. The Hall–Kier alpha value is -3.03. The second kappa shape index (κ2) is 8.57. The van der Waals surface area contributed by atoms with Gasteiger partial charge in [-0.1, -0.05) is 17.7 Å². The lowest BCUT2D eigenvalue weighted by Crippen LogP contribution is -2.34. The molecule has 0 fully saturated rings. The highest BCUT2D eigenvalue weighted by Crippen LogP contribution is 2.18. The molecule has 1 aromatic carbocycles. The van der Waals surface area contributed by atoms with E-state index in [9.17, 15) is 4.79 Å². The lowest BCUT2D eigenvalue weighted by atomic mass is 10.2. The van der Waals surface area contributed by atoms with E-state index in [4.69, 9.17) is 9.47 Å². The summed E-state index contributed by atoms with van der Waals surface area (Å²) < 4.78 is 11.9. The van der Waals surface area contributed by atoms with Gasteiger partial charge in [-0.15, -0.1) is 0 Å². The molecule has 3 aromatic rings. The Labute approximate surface area is 158 Å². The van der Waals surface area contributed by atoms with Gasteiger partial charge >= 0.3 is 0 Å². The maximum absolute atomic E-state index is 12.2. The van der Waals surface area contributed by atoms with Crippen LogP contribution in [0.1, 0.15) is 15.9 Å². The Balaban J connectivity index is 1.68. The van der Waals surface area contributed by atoms with Crippen LogP contribution in [0.15, 0.2) is 55.0 Å². The summed E-state index contributed by atoms with van der Waals surface area (Å²) in [6.07, 6.45) is 4.73. The summed E-state index contributed by atoms with van der Waals surface area (Å²) in [5.41, 5.74) is 4.27. The van der Waals surface area contributed by atoms with E-state index in [0.29, 0.717) is 5.56 Å². The van der Waals surface area contributed by atoms with Gasteiger partial charge in [0.25, 0.3) is 5.91 Å². The third-order valence-corrected chi connectivity index (χ3v) is 4.16. The van der Waals surface area contributed by atoms with E-state index in [1.54, 1.807) is 29.2 Å².